The molecule has 0 spiro atoms. The largest absolute Gasteiger partial charge is 0.581 e. The summed E-state index contributed by atoms with van der Waals surface area (Å²) in [5.74, 6) is -77.1. The number of halogens is 24. The molecule has 0 N–H and O–H groups in total. The second-order valence-corrected chi connectivity index (χ2v) is 15.5. The van der Waals surface area contributed by atoms with Gasteiger partial charge in [0.1, 0.15) is 46.5 Å². The summed E-state index contributed by atoms with van der Waals surface area (Å²) in [4.78, 5) is 0. The average molecular weight is 891 g/mol. The van der Waals surface area contributed by atoms with E-state index in [0.717, 1.165) is 0 Å². The van der Waals surface area contributed by atoms with Gasteiger partial charge in [0, 0.05) is 0 Å². The van der Waals surface area contributed by atoms with E-state index in [-0.39, 0.29) is 0 Å². The predicted molar refractivity (Wildman–Crippen MR) is 154 cm³/mol. The topological polar surface area (TPSA) is 0 Å². The van der Waals surface area contributed by atoms with E-state index in [1.807, 2.05) is 0 Å². The van der Waals surface area contributed by atoms with Crippen LogP contribution in [-0.4, -0.2) is 13.5 Å². The van der Waals surface area contributed by atoms with Gasteiger partial charge in [-0.3, -0.25) is 0 Å². The van der Waals surface area contributed by atoms with Gasteiger partial charge in [0.25, 0.3) is 0 Å². The van der Waals surface area contributed by atoms with Crippen LogP contribution in [0.3, 0.4) is 0 Å². The molecular formula is C34AlF24-. The normalized spacial score (nSPS) is 12.4. The molecule has 7 aromatic carbocycles. The summed E-state index contributed by atoms with van der Waals surface area (Å²) in [7, 11) is 0. The number of fused-ring (bicyclic) bond motifs is 4. The Bertz CT molecular complexity index is 2960. The summed E-state index contributed by atoms with van der Waals surface area (Å²) in [5.41, 5.74) is 0. The molecule has 7 aromatic rings. The SMILES string of the molecule is Fc1c(F)c(F)[c]([Al-]([F])([c]2c(F)c(F)c(F)c3c(F)c4c(F)c(F)c(F)c(F)c4c(F)c23)[c]2c(F)c(F)c(F)c3c(F)c4c(F)c(F)c(F)c(F)c4c(F)c23)c(F)c1F. The Kier molecular flexibility index (Phi) is 9.32. The fourth-order valence-corrected chi connectivity index (χ4v) is 11.1. The van der Waals surface area contributed by atoms with Crippen LogP contribution in [0.4, 0.5) is 105 Å². The third-order valence-corrected chi connectivity index (χ3v) is 13.4. The Balaban J connectivity index is 1.94. The molecule has 0 atom stereocenters. The lowest BCUT2D eigenvalue weighted by atomic mass is 9.99. The first-order valence-corrected chi connectivity index (χ1v) is 17.1. The van der Waals surface area contributed by atoms with E-state index in [1.54, 1.807) is 0 Å². The zero-order valence-electron chi connectivity index (χ0n) is 26.6. The highest BCUT2D eigenvalue weighted by molar-refractivity contribution is 7.09. The van der Waals surface area contributed by atoms with Crippen molar-refractivity contribution in [2.75, 3.05) is 0 Å². The maximum absolute atomic E-state index is 18.7. The Morgan fingerprint density at radius 1 is 0.153 bits per heavy atom. The fourth-order valence-electron chi connectivity index (χ4n) is 6.96. The lowest BCUT2D eigenvalue weighted by molar-refractivity contribution is 0.383. The number of hydrogen-bond acceptors (Lipinski definition) is 0. The summed E-state index contributed by atoms with van der Waals surface area (Å²) in [6.07, 6.45) is 0. The van der Waals surface area contributed by atoms with E-state index < -0.39 is 204 Å². The van der Waals surface area contributed by atoms with E-state index in [2.05, 4.69) is 0 Å². The minimum Gasteiger partial charge on any atom is -0.581 e. The molecule has 0 radical (unpaired) electrons. The van der Waals surface area contributed by atoms with Gasteiger partial charge in [-0.1, -0.05) is 0 Å². The molecule has 0 amide bonds. The van der Waals surface area contributed by atoms with Crippen molar-refractivity contribution < 1.29 is 105 Å². The molecule has 0 heterocycles. The van der Waals surface area contributed by atoms with Crippen LogP contribution in [0.15, 0.2) is 0 Å². The lowest BCUT2D eigenvalue weighted by Crippen LogP contribution is -2.69. The second-order valence-electron chi connectivity index (χ2n) is 12.2. The molecule has 25 heteroatoms. The van der Waals surface area contributed by atoms with Crippen molar-refractivity contribution in [1.82, 2.24) is 0 Å². The summed E-state index contributed by atoms with van der Waals surface area (Å²) >= 11 is -9.51. The zero-order chi connectivity index (χ0) is 44.1. The van der Waals surface area contributed by atoms with Crippen LogP contribution < -0.4 is 13.3 Å². The van der Waals surface area contributed by atoms with Crippen molar-refractivity contribution >= 4 is 69.9 Å². The Labute approximate surface area is 308 Å². The first-order valence-electron chi connectivity index (χ1n) is 14.9. The summed E-state index contributed by atoms with van der Waals surface area (Å²) < 4.78 is 359. The second kappa shape index (κ2) is 13.2. The third kappa shape index (κ3) is 4.93. The highest BCUT2D eigenvalue weighted by Crippen LogP contribution is 2.42. The average Bonchev–Trinajstić information content (AvgIpc) is 3.19. The van der Waals surface area contributed by atoms with E-state index in [0.29, 0.717) is 0 Å². The highest BCUT2D eigenvalue weighted by atomic mass is 27.3. The minimum absolute atomic E-state index is 2.64. The van der Waals surface area contributed by atoms with Crippen LogP contribution >= 0.6 is 0 Å². The summed E-state index contributed by atoms with van der Waals surface area (Å²) in [6.45, 7) is 0. The van der Waals surface area contributed by atoms with E-state index in [9.17, 15) is 39.5 Å². The quantitative estimate of drug-likeness (QED) is 0.0545. The van der Waals surface area contributed by atoms with Crippen LogP contribution in [0, 0.1) is 134 Å². The maximum Gasteiger partial charge on any atom is 0.451 e. The monoisotopic (exact) mass is 891 g/mol. The molecule has 0 aliphatic carbocycles. The van der Waals surface area contributed by atoms with Gasteiger partial charge in [-0.05, 0) is 10.8 Å². The number of benzene rings is 7. The van der Waals surface area contributed by atoms with Gasteiger partial charge in [-0.15, -0.1) is 13.3 Å². The minimum atomic E-state index is -9.51. The zero-order valence-corrected chi connectivity index (χ0v) is 27.8. The van der Waals surface area contributed by atoms with E-state index in [1.165, 1.54) is 0 Å². The van der Waals surface area contributed by atoms with Crippen molar-refractivity contribution in [1.29, 1.82) is 0 Å². The van der Waals surface area contributed by atoms with Crippen molar-refractivity contribution in [2.24, 2.45) is 0 Å². The molecule has 0 saturated heterocycles. The maximum atomic E-state index is 18.7. The van der Waals surface area contributed by atoms with Gasteiger partial charge >= 0.3 is 13.5 Å². The molecule has 0 aromatic heterocycles. The fraction of sp³-hybridized carbons (Fsp3) is 0. The van der Waals surface area contributed by atoms with Crippen LogP contribution in [0.2, 0.25) is 0 Å². The van der Waals surface area contributed by atoms with E-state index in [4.69, 9.17) is 0 Å². The van der Waals surface area contributed by atoms with E-state index >= 15 is 65.0 Å². The summed E-state index contributed by atoms with van der Waals surface area (Å²) in [5, 5.41) is -22.9. The molecule has 0 nitrogen and oxygen atoms in total. The molecule has 0 aliphatic heterocycles. The van der Waals surface area contributed by atoms with Gasteiger partial charge in [0.2, 0.25) is 0 Å². The standard InChI is InChI=1S/2C14F9.C6F5.Al.FH/c2*15-3-1-2-4(10(19)8(3)17)9(18)6-5(7(2)16)11(20)13(22)14(23)12(6)21;7-2-1-3(8)5(10)6(11)4(2)9;;/h;;;;1H/p-1. The van der Waals surface area contributed by atoms with Crippen molar-refractivity contribution in [3.63, 3.8) is 0 Å². The Morgan fingerprint density at radius 2 is 0.305 bits per heavy atom. The van der Waals surface area contributed by atoms with Gasteiger partial charge in [0.15, 0.2) is 87.3 Å². The van der Waals surface area contributed by atoms with Crippen molar-refractivity contribution in [3.05, 3.63) is 134 Å². The number of hydrogen-bond donors (Lipinski definition) is 0. The predicted octanol–water partition coefficient (Wildman–Crippen LogP) is 10.4. The molecule has 7 rings (SSSR count). The molecule has 0 bridgehead atoms. The third-order valence-electron chi connectivity index (χ3n) is 9.45. The summed E-state index contributed by atoms with van der Waals surface area (Å²) in [6, 6.07) is 0. The molecule has 0 saturated carbocycles. The Hall–Kier alpha value is -5.57. The first-order chi connectivity index (χ1) is 27.3. The molecule has 308 valence electrons. The van der Waals surface area contributed by atoms with Crippen LogP contribution in [-0.2, 0) is 0 Å². The number of rotatable bonds is 3. The van der Waals surface area contributed by atoms with Crippen LogP contribution in [0.25, 0.3) is 43.1 Å². The van der Waals surface area contributed by atoms with Gasteiger partial charge in [-0.25, -0.2) is 101 Å². The molecule has 59 heavy (non-hydrogen) atoms. The molecule has 0 unspecified atom stereocenters. The van der Waals surface area contributed by atoms with Gasteiger partial charge in [0.05, 0.1) is 32.3 Å². The van der Waals surface area contributed by atoms with Gasteiger partial charge in [-0.2, -0.15) is 0 Å². The smallest absolute Gasteiger partial charge is 0.451 e. The molecule has 0 fully saturated rings. The highest BCUT2D eigenvalue weighted by Gasteiger charge is 2.53. The van der Waals surface area contributed by atoms with Crippen LogP contribution in [0.5, 0.6) is 0 Å². The van der Waals surface area contributed by atoms with Crippen molar-refractivity contribution in [3.8, 4) is 0 Å². The van der Waals surface area contributed by atoms with Gasteiger partial charge < -0.3 is 3.52 Å². The first kappa shape index (κ1) is 41.6. The van der Waals surface area contributed by atoms with Crippen LogP contribution in [0.1, 0.15) is 0 Å². The molecule has 0 aliphatic rings. The lowest BCUT2D eigenvalue weighted by Gasteiger charge is -2.36. The van der Waals surface area contributed by atoms with Crippen molar-refractivity contribution in [2.45, 2.75) is 0 Å². The molecular weight excluding hydrogens is 891 g/mol. The Morgan fingerprint density at radius 3 is 0.559 bits per heavy atom.